The Morgan fingerprint density at radius 1 is 1.25 bits per heavy atom. The van der Waals surface area contributed by atoms with Crippen LogP contribution in [-0.4, -0.2) is 13.1 Å². The van der Waals surface area contributed by atoms with E-state index in [-0.39, 0.29) is 0 Å². The zero-order valence-corrected chi connectivity index (χ0v) is 11.2. The van der Waals surface area contributed by atoms with Crippen molar-refractivity contribution >= 4 is 5.69 Å². The Kier molecular flexibility index (Phi) is 5.37. The molecule has 90 valence electrons. The maximum absolute atomic E-state index is 2.53. The van der Waals surface area contributed by atoms with E-state index in [1.165, 1.54) is 49.2 Å². The highest BCUT2D eigenvalue weighted by atomic mass is 15.1. The van der Waals surface area contributed by atoms with E-state index >= 15 is 0 Å². The molecule has 0 aromatic heterocycles. The van der Waals surface area contributed by atoms with E-state index in [0.717, 1.165) is 0 Å². The van der Waals surface area contributed by atoms with Crippen LogP contribution in [-0.2, 0) is 6.42 Å². The van der Waals surface area contributed by atoms with Crippen LogP contribution in [0.3, 0.4) is 0 Å². The number of hydrogen-bond acceptors (Lipinski definition) is 1. The van der Waals surface area contributed by atoms with Gasteiger partial charge in [0.05, 0.1) is 0 Å². The number of benzene rings is 1. The molecule has 0 atom stereocenters. The second-order valence-electron chi connectivity index (χ2n) is 4.22. The van der Waals surface area contributed by atoms with Crippen molar-refractivity contribution in [2.75, 3.05) is 18.0 Å². The fourth-order valence-corrected chi connectivity index (χ4v) is 2.14. The number of hydrogen-bond donors (Lipinski definition) is 0. The quantitative estimate of drug-likeness (QED) is 0.737. The van der Waals surface area contributed by atoms with Gasteiger partial charge < -0.3 is 4.90 Å². The lowest BCUT2D eigenvalue weighted by Gasteiger charge is -2.19. The number of unbranched alkanes of at least 4 members (excludes halogenated alkanes) is 1. The van der Waals surface area contributed by atoms with Gasteiger partial charge in [-0.15, -0.1) is 0 Å². The van der Waals surface area contributed by atoms with Crippen molar-refractivity contribution in [1.82, 2.24) is 0 Å². The number of rotatable bonds is 3. The molecular formula is C15H25N. The molecule has 16 heavy (non-hydrogen) atoms. The summed E-state index contributed by atoms with van der Waals surface area (Å²) < 4.78 is 0. The van der Waals surface area contributed by atoms with Gasteiger partial charge in [0, 0.05) is 18.8 Å². The monoisotopic (exact) mass is 219 g/mol. The van der Waals surface area contributed by atoms with Gasteiger partial charge in [0.2, 0.25) is 0 Å². The van der Waals surface area contributed by atoms with Crippen molar-refractivity contribution in [2.45, 2.75) is 47.0 Å². The fourth-order valence-electron chi connectivity index (χ4n) is 2.14. The molecule has 1 nitrogen and oxygen atoms in total. The van der Waals surface area contributed by atoms with Crippen LogP contribution in [0.2, 0.25) is 0 Å². The third-order valence-electron chi connectivity index (χ3n) is 3.01. The van der Waals surface area contributed by atoms with Gasteiger partial charge in [-0.1, -0.05) is 39.3 Å². The van der Waals surface area contributed by atoms with Crippen LogP contribution in [0.1, 0.15) is 44.7 Å². The van der Waals surface area contributed by atoms with Gasteiger partial charge in [0.15, 0.2) is 0 Å². The predicted molar refractivity (Wildman–Crippen MR) is 73.4 cm³/mol. The predicted octanol–water partition coefficient (Wildman–Crippen LogP) is 4.18. The minimum Gasteiger partial charge on any atom is -0.371 e. The third-order valence-corrected chi connectivity index (χ3v) is 3.01. The van der Waals surface area contributed by atoms with Crippen molar-refractivity contribution in [3.63, 3.8) is 0 Å². The lowest BCUT2D eigenvalue weighted by Crippen LogP contribution is -2.21. The first-order valence-electron chi connectivity index (χ1n) is 6.65. The number of nitrogens with zero attached hydrogens (tertiary/aromatic N) is 1. The molecule has 0 fully saturated rings. The van der Waals surface area contributed by atoms with Crippen LogP contribution in [0.15, 0.2) is 18.2 Å². The molecule has 0 radical (unpaired) electrons. The smallest absolute Gasteiger partial charge is 0.0402 e. The van der Waals surface area contributed by atoms with Gasteiger partial charge in [-0.3, -0.25) is 0 Å². The molecule has 1 aromatic rings. The molecule has 0 N–H and O–H groups in total. The maximum Gasteiger partial charge on any atom is 0.0402 e. The second-order valence-corrected chi connectivity index (χ2v) is 4.22. The fraction of sp³-hybridized carbons (Fsp3) is 0.600. The summed E-state index contributed by atoms with van der Waals surface area (Å²) in [4.78, 5) is 2.53. The van der Waals surface area contributed by atoms with Crippen LogP contribution in [0.5, 0.6) is 0 Å². The lowest BCUT2D eigenvalue weighted by molar-refractivity contribution is 0.736. The van der Waals surface area contributed by atoms with E-state index in [4.69, 9.17) is 0 Å². The minimum absolute atomic E-state index is 1.22. The molecule has 1 aliphatic heterocycles. The summed E-state index contributed by atoms with van der Waals surface area (Å²) >= 11 is 0. The zero-order chi connectivity index (χ0) is 12.0. The van der Waals surface area contributed by atoms with Crippen LogP contribution < -0.4 is 4.90 Å². The Morgan fingerprint density at radius 3 is 2.69 bits per heavy atom. The van der Waals surface area contributed by atoms with E-state index < -0.39 is 0 Å². The SMILES string of the molecule is CC.CCCCN1CCc2ccc(C)cc21. The highest BCUT2D eigenvalue weighted by Gasteiger charge is 2.17. The van der Waals surface area contributed by atoms with Gasteiger partial charge in [0.1, 0.15) is 0 Å². The van der Waals surface area contributed by atoms with Crippen molar-refractivity contribution in [3.8, 4) is 0 Å². The average molecular weight is 219 g/mol. The summed E-state index contributed by atoms with van der Waals surface area (Å²) in [5.74, 6) is 0. The van der Waals surface area contributed by atoms with E-state index in [1.807, 2.05) is 13.8 Å². The van der Waals surface area contributed by atoms with Gasteiger partial charge in [-0.2, -0.15) is 0 Å². The first-order valence-corrected chi connectivity index (χ1v) is 6.65. The third kappa shape index (κ3) is 3.01. The standard InChI is InChI=1S/C13H19N.C2H6/c1-3-4-8-14-9-7-12-6-5-11(2)10-13(12)14;1-2/h5-6,10H,3-4,7-9H2,1-2H3;1-2H3. The summed E-state index contributed by atoms with van der Waals surface area (Å²) in [6.45, 7) is 10.9. The number of anilines is 1. The molecule has 0 bridgehead atoms. The van der Waals surface area contributed by atoms with Crippen molar-refractivity contribution < 1.29 is 0 Å². The summed E-state index contributed by atoms with van der Waals surface area (Å²) in [6, 6.07) is 6.84. The molecule has 0 unspecified atom stereocenters. The van der Waals surface area contributed by atoms with Gasteiger partial charge in [0.25, 0.3) is 0 Å². The van der Waals surface area contributed by atoms with Crippen LogP contribution >= 0.6 is 0 Å². The normalized spacial score (nSPS) is 13.1. The summed E-state index contributed by atoms with van der Waals surface area (Å²) in [6.07, 6.45) is 3.84. The highest BCUT2D eigenvalue weighted by Crippen LogP contribution is 2.28. The highest BCUT2D eigenvalue weighted by molar-refractivity contribution is 5.59. The molecule has 1 aliphatic rings. The molecule has 0 saturated heterocycles. The Morgan fingerprint density at radius 2 is 2.00 bits per heavy atom. The molecule has 2 rings (SSSR count). The molecule has 1 heteroatoms. The Labute approximate surface area is 100 Å². The summed E-state index contributed by atoms with van der Waals surface area (Å²) in [5.41, 5.74) is 4.40. The first-order chi connectivity index (χ1) is 7.81. The lowest BCUT2D eigenvalue weighted by atomic mass is 10.1. The molecular weight excluding hydrogens is 194 g/mol. The summed E-state index contributed by atoms with van der Waals surface area (Å²) in [5, 5.41) is 0. The molecule has 1 heterocycles. The molecule has 1 aromatic carbocycles. The number of fused-ring (bicyclic) bond motifs is 1. The Bertz CT molecular complexity index is 317. The summed E-state index contributed by atoms with van der Waals surface area (Å²) in [7, 11) is 0. The van der Waals surface area contributed by atoms with Crippen molar-refractivity contribution in [1.29, 1.82) is 0 Å². The van der Waals surface area contributed by atoms with Crippen molar-refractivity contribution in [2.24, 2.45) is 0 Å². The van der Waals surface area contributed by atoms with Crippen LogP contribution in [0.4, 0.5) is 5.69 Å². The molecule has 0 saturated carbocycles. The van der Waals surface area contributed by atoms with E-state index in [2.05, 4.69) is 36.9 Å². The maximum atomic E-state index is 2.53. The van der Waals surface area contributed by atoms with Gasteiger partial charge >= 0.3 is 0 Å². The Hall–Kier alpha value is -0.980. The van der Waals surface area contributed by atoms with Gasteiger partial charge in [-0.25, -0.2) is 0 Å². The largest absolute Gasteiger partial charge is 0.371 e. The molecule has 0 spiro atoms. The van der Waals surface area contributed by atoms with E-state index in [1.54, 1.807) is 0 Å². The average Bonchev–Trinajstić information content (AvgIpc) is 2.71. The van der Waals surface area contributed by atoms with Crippen LogP contribution in [0.25, 0.3) is 0 Å². The second kappa shape index (κ2) is 6.57. The van der Waals surface area contributed by atoms with E-state index in [9.17, 15) is 0 Å². The minimum atomic E-state index is 1.22. The van der Waals surface area contributed by atoms with Crippen LogP contribution in [0, 0.1) is 6.92 Å². The van der Waals surface area contributed by atoms with E-state index in [0.29, 0.717) is 0 Å². The molecule has 0 aliphatic carbocycles. The zero-order valence-electron chi connectivity index (χ0n) is 11.2. The number of aryl methyl sites for hydroxylation is 1. The topological polar surface area (TPSA) is 3.24 Å². The van der Waals surface area contributed by atoms with Gasteiger partial charge in [-0.05, 0) is 37.0 Å². The Balaban J connectivity index is 0.000000606. The van der Waals surface area contributed by atoms with Crippen molar-refractivity contribution in [3.05, 3.63) is 29.3 Å². The first kappa shape index (κ1) is 13.1. The molecule has 0 amide bonds.